The minimum absolute atomic E-state index is 0.117. The van der Waals surface area contributed by atoms with Crippen LogP contribution >= 0.6 is 0 Å². The van der Waals surface area contributed by atoms with E-state index >= 15 is 0 Å². The number of alkyl halides is 3. The van der Waals surface area contributed by atoms with Crippen LogP contribution in [0.4, 0.5) is 24.7 Å². The van der Waals surface area contributed by atoms with Gasteiger partial charge in [-0.25, -0.2) is 4.98 Å². The van der Waals surface area contributed by atoms with Gasteiger partial charge in [-0.1, -0.05) is 6.58 Å². The maximum atomic E-state index is 13.4. The van der Waals surface area contributed by atoms with E-state index in [2.05, 4.69) is 37.8 Å². The van der Waals surface area contributed by atoms with Crippen LogP contribution in [0, 0.1) is 0 Å². The van der Waals surface area contributed by atoms with E-state index in [-0.39, 0.29) is 22.7 Å². The first-order valence-electron chi connectivity index (χ1n) is 12.2. The molecule has 3 amide bonds. The van der Waals surface area contributed by atoms with Crippen molar-refractivity contribution in [2.75, 3.05) is 30.3 Å². The van der Waals surface area contributed by atoms with Gasteiger partial charge in [-0.15, -0.1) is 0 Å². The summed E-state index contributed by atoms with van der Waals surface area (Å²) in [5.41, 5.74) is 0.759. The van der Waals surface area contributed by atoms with Gasteiger partial charge in [0, 0.05) is 47.2 Å². The highest BCUT2D eigenvalue weighted by molar-refractivity contribution is 6.06. The number of piperidine rings is 1. The van der Waals surface area contributed by atoms with E-state index in [1.807, 2.05) is 0 Å². The lowest BCUT2D eigenvalue weighted by Gasteiger charge is -2.40. The molecule has 1 spiro atoms. The fourth-order valence-electron chi connectivity index (χ4n) is 5.05. The molecule has 1 aromatic carbocycles. The smallest absolute Gasteiger partial charge is 0.357 e. The number of benzene rings is 1. The van der Waals surface area contributed by atoms with E-state index in [0.29, 0.717) is 23.4 Å². The van der Waals surface area contributed by atoms with Gasteiger partial charge in [-0.3, -0.25) is 14.4 Å². The van der Waals surface area contributed by atoms with Crippen LogP contribution in [0.3, 0.4) is 0 Å². The highest BCUT2D eigenvalue weighted by Gasteiger charge is 2.42. The summed E-state index contributed by atoms with van der Waals surface area (Å²) < 4.78 is 40.2. The third-order valence-corrected chi connectivity index (χ3v) is 7.00. The molecule has 0 radical (unpaired) electrons. The summed E-state index contributed by atoms with van der Waals surface area (Å²) in [5, 5.41) is 11.1. The number of nitrogens with zero attached hydrogens (tertiary/aromatic N) is 1. The van der Waals surface area contributed by atoms with Crippen LogP contribution in [-0.4, -0.2) is 47.3 Å². The Bertz CT molecular complexity index is 1470. The van der Waals surface area contributed by atoms with Crippen LogP contribution in [0.25, 0.3) is 11.3 Å². The molecule has 5 rings (SSSR count). The molecule has 2 aromatic heterocycles. The number of amides is 3. The molecule has 12 heteroatoms. The van der Waals surface area contributed by atoms with Crippen molar-refractivity contribution in [3.63, 3.8) is 0 Å². The molecule has 9 nitrogen and oxygen atoms in total. The van der Waals surface area contributed by atoms with Crippen LogP contribution in [-0.2, 0) is 16.4 Å². The van der Waals surface area contributed by atoms with Gasteiger partial charge in [0.2, 0.25) is 5.91 Å². The van der Waals surface area contributed by atoms with Crippen LogP contribution in [0.2, 0.25) is 0 Å². The van der Waals surface area contributed by atoms with Crippen LogP contribution in [0.1, 0.15) is 44.8 Å². The predicted molar refractivity (Wildman–Crippen MR) is 138 cm³/mol. The maximum absolute atomic E-state index is 13.4. The average Bonchev–Trinajstić information content (AvgIpc) is 3.39. The van der Waals surface area contributed by atoms with Gasteiger partial charge in [-0.05, 0) is 61.9 Å². The number of carbonyl (C=O) groups excluding carboxylic acids is 3. The van der Waals surface area contributed by atoms with Crippen LogP contribution in [0.15, 0.2) is 55.3 Å². The first-order chi connectivity index (χ1) is 18.6. The fourth-order valence-corrected chi connectivity index (χ4v) is 5.05. The Kier molecular flexibility index (Phi) is 6.73. The monoisotopic (exact) mass is 538 g/mol. The second-order valence-corrected chi connectivity index (χ2v) is 9.55. The zero-order valence-corrected chi connectivity index (χ0v) is 20.7. The number of H-pyrrole nitrogens is 1. The van der Waals surface area contributed by atoms with Gasteiger partial charge in [0.05, 0.1) is 16.8 Å². The van der Waals surface area contributed by atoms with E-state index in [9.17, 15) is 27.6 Å². The van der Waals surface area contributed by atoms with Gasteiger partial charge in [-0.2, -0.15) is 13.2 Å². The van der Waals surface area contributed by atoms with Crippen molar-refractivity contribution in [1.82, 2.24) is 20.6 Å². The molecule has 0 saturated carbocycles. The zero-order chi connectivity index (χ0) is 27.8. The normalized spacial score (nSPS) is 18.7. The molecule has 39 heavy (non-hydrogen) atoms. The average molecular weight is 539 g/mol. The fraction of sp³-hybridized carbons (Fsp3) is 0.259. The summed E-state index contributed by atoms with van der Waals surface area (Å²) in [6, 6.07) is 7.77. The van der Waals surface area contributed by atoms with Gasteiger partial charge >= 0.3 is 6.18 Å². The van der Waals surface area contributed by atoms with E-state index in [1.54, 1.807) is 18.2 Å². The Hall–Kier alpha value is -4.45. The molecular formula is C27H25F3N6O3. The molecular weight excluding hydrogens is 513 g/mol. The number of nitrogens with one attached hydrogen (secondary N) is 5. The zero-order valence-electron chi connectivity index (χ0n) is 20.7. The van der Waals surface area contributed by atoms with Crippen molar-refractivity contribution >= 4 is 29.2 Å². The molecule has 1 fully saturated rings. The van der Waals surface area contributed by atoms with Gasteiger partial charge in [0.15, 0.2) is 0 Å². The van der Waals surface area contributed by atoms with E-state index in [1.165, 1.54) is 6.20 Å². The number of hydrogen-bond donors (Lipinski definition) is 5. The Morgan fingerprint density at radius 2 is 1.92 bits per heavy atom. The number of pyridine rings is 1. The molecule has 0 bridgehead atoms. The number of carbonyl (C=O) groups is 3. The summed E-state index contributed by atoms with van der Waals surface area (Å²) >= 11 is 0. The third-order valence-electron chi connectivity index (χ3n) is 7.00. The lowest BCUT2D eigenvalue weighted by molar-refractivity contribution is -0.137. The number of aromatic nitrogens is 2. The SMILES string of the molecule is C=CC(=O)Nc1cc(C(=O)Nc2cc(-c3cc4c([nH]3)C3(CCCNC3)CNC4=O)ccn2)ccc1C(F)(F)F. The highest BCUT2D eigenvalue weighted by Crippen LogP contribution is 2.38. The topological polar surface area (TPSA) is 128 Å². The summed E-state index contributed by atoms with van der Waals surface area (Å²) in [5.74, 6) is -1.58. The number of hydrogen-bond acceptors (Lipinski definition) is 5. The van der Waals surface area contributed by atoms with Gasteiger partial charge in [0.25, 0.3) is 11.8 Å². The molecule has 1 saturated heterocycles. The van der Waals surface area contributed by atoms with Crippen molar-refractivity contribution < 1.29 is 27.6 Å². The van der Waals surface area contributed by atoms with Gasteiger partial charge < -0.3 is 26.3 Å². The van der Waals surface area contributed by atoms with Crippen molar-refractivity contribution in [3.05, 3.63) is 77.6 Å². The number of fused-ring (bicyclic) bond motifs is 2. The lowest BCUT2D eigenvalue weighted by Crippen LogP contribution is -2.54. The van der Waals surface area contributed by atoms with Crippen molar-refractivity contribution in [2.45, 2.75) is 24.4 Å². The minimum Gasteiger partial charge on any atom is -0.357 e. The van der Waals surface area contributed by atoms with Crippen molar-refractivity contribution in [2.24, 2.45) is 0 Å². The quantitative estimate of drug-likeness (QED) is 0.316. The van der Waals surface area contributed by atoms with Crippen molar-refractivity contribution in [3.8, 4) is 11.3 Å². The first-order valence-corrected chi connectivity index (χ1v) is 12.2. The molecule has 202 valence electrons. The van der Waals surface area contributed by atoms with E-state index in [4.69, 9.17) is 0 Å². The number of aromatic amines is 1. The molecule has 1 atom stereocenters. The second-order valence-electron chi connectivity index (χ2n) is 9.55. The Balaban J connectivity index is 1.41. The summed E-state index contributed by atoms with van der Waals surface area (Å²) in [7, 11) is 0. The summed E-state index contributed by atoms with van der Waals surface area (Å²) in [6.45, 7) is 5.43. The van der Waals surface area contributed by atoms with Crippen LogP contribution < -0.4 is 21.3 Å². The highest BCUT2D eigenvalue weighted by atomic mass is 19.4. The molecule has 0 aliphatic carbocycles. The number of halogens is 3. The molecule has 1 unspecified atom stereocenters. The number of rotatable bonds is 5. The Labute approximate surface area is 221 Å². The first kappa shape index (κ1) is 26.2. The standard InChI is InChI=1S/C27H25F3N6O3/c1-2-22(37)34-20-10-16(4-5-18(20)27(28,29)30)24(38)36-21-11-15(6-9-32-21)19-12-17-23(35-19)26(14-33-25(17)39)7-3-8-31-13-26/h2,4-6,9-12,31,35H,1,3,7-8,13-14H2,(H,33,39)(H,34,37)(H,32,36,38). The van der Waals surface area contributed by atoms with Gasteiger partial charge in [0.1, 0.15) is 5.82 Å². The number of anilines is 2. The minimum atomic E-state index is -4.74. The largest absolute Gasteiger partial charge is 0.418 e. The second kappa shape index (κ2) is 10.0. The lowest BCUT2D eigenvalue weighted by atomic mass is 9.74. The van der Waals surface area contributed by atoms with Crippen LogP contribution in [0.5, 0.6) is 0 Å². The van der Waals surface area contributed by atoms with E-state index < -0.39 is 29.2 Å². The molecule has 2 aliphatic rings. The Morgan fingerprint density at radius 1 is 1.10 bits per heavy atom. The summed E-state index contributed by atoms with van der Waals surface area (Å²) in [6.07, 6.45) is -0.527. The van der Waals surface area contributed by atoms with Crippen molar-refractivity contribution in [1.29, 1.82) is 0 Å². The third kappa shape index (κ3) is 5.15. The summed E-state index contributed by atoms with van der Waals surface area (Å²) in [4.78, 5) is 44.7. The molecule has 4 heterocycles. The Morgan fingerprint density at radius 3 is 2.64 bits per heavy atom. The maximum Gasteiger partial charge on any atom is 0.418 e. The van der Waals surface area contributed by atoms with E-state index in [0.717, 1.165) is 55.9 Å². The predicted octanol–water partition coefficient (Wildman–Crippen LogP) is 3.84. The molecule has 2 aliphatic heterocycles. The molecule has 3 aromatic rings. The molecule has 5 N–H and O–H groups in total.